The smallest absolute Gasteiger partial charge is 0.227 e. The Bertz CT molecular complexity index is 825. The highest BCUT2D eigenvalue weighted by molar-refractivity contribution is 5.91. The Labute approximate surface area is 141 Å². The fraction of sp³-hybridized carbons (Fsp3) is 0.474. The number of carbonyl (C=O) groups is 2. The number of primary amides is 1. The van der Waals surface area contributed by atoms with E-state index in [1.54, 1.807) is 0 Å². The topological polar surface area (TPSA) is 79.2 Å². The fourth-order valence-corrected chi connectivity index (χ4v) is 4.67. The predicted molar refractivity (Wildman–Crippen MR) is 92.3 cm³/mol. The molecule has 3 N–H and O–H groups in total. The monoisotopic (exact) mass is 325 g/mol. The van der Waals surface area contributed by atoms with Crippen molar-refractivity contribution in [3.05, 3.63) is 35.5 Å². The number of aromatic amines is 1. The van der Waals surface area contributed by atoms with Crippen molar-refractivity contribution >= 4 is 22.7 Å². The molecule has 1 aliphatic heterocycles. The number of aryl methyl sites for hydroxylation is 1. The number of aromatic nitrogens is 1. The number of likely N-dealkylation sites (tertiary alicyclic amines) is 1. The maximum Gasteiger partial charge on any atom is 0.227 e. The first-order valence-electron chi connectivity index (χ1n) is 8.64. The van der Waals surface area contributed by atoms with Crippen molar-refractivity contribution in [2.75, 3.05) is 13.1 Å². The molecule has 0 unspecified atom stereocenters. The summed E-state index contributed by atoms with van der Waals surface area (Å²) in [5.74, 6) is 0.0969. The Morgan fingerprint density at radius 3 is 3.00 bits per heavy atom. The van der Waals surface area contributed by atoms with Crippen LogP contribution in [-0.4, -0.2) is 34.8 Å². The number of carbonyl (C=O) groups excluding carboxylic acids is 2. The number of nitrogens with two attached hydrogens (primary N) is 1. The van der Waals surface area contributed by atoms with Gasteiger partial charge in [0.1, 0.15) is 0 Å². The van der Waals surface area contributed by atoms with Crippen LogP contribution >= 0.6 is 0 Å². The number of amides is 2. The Morgan fingerprint density at radius 1 is 1.42 bits per heavy atom. The van der Waals surface area contributed by atoms with E-state index >= 15 is 0 Å². The van der Waals surface area contributed by atoms with Gasteiger partial charge in [0, 0.05) is 30.2 Å². The lowest BCUT2D eigenvalue weighted by atomic mass is 9.80. The van der Waals surface area contributed by atoms with Gasteiger partial charge >= 0.3 is 0 Å². The number of hydrogen-bond acceptors (Lipinski definition) is 2. The maximum atomic E-state index is 12.8. The maximum absolute atomic E-state index is 12.8. The van der Waals surface area contributed by atoms with Gasteiger partial charge in [-0.1, -0.05) is 24.6 Å². The molecule has 2 aromatic rings. The number of fused-ring (bicyclic) bond motifs is 2. The molecule has 126 valence electrons. The van der Waals surface area contributed by atoms with Crippen LogP contribution in [0, 0.1) is 18.3 Å². The zero-order valence-electron chi connectivity index (χ0n) is 14.0. The molecule has 2 amide bonds. The summed E-state index contributed by atoms with van der Waals surface area (Å²) in [4.78, 5) is 29.9. The van der Waals surface area contributed by atoms with Crippen LogP contribution in [0.4, 0.5) is 0 Å². The molecule has 2 aliphatic rings. The van der Waals surface area contributed by atoms with E-state index in [1.165, 1.54) is 5.56 Å². The minimum absolute atomic E-state index is 0.0902. The van der Waals surface area contributed by atoms with Gasteiger partial charge in [-0.3, -0.25) is 9.59 Å². The van der Waals surface area contributed by atoms with Crippen LogP contribution < -0.4 is 5.73 Å². The molecule has 1 aromatic carbocycles. The van der Waals surface area contributed by atoms with Crippen LogP contribution in [0.3, 0.4) is 0 Å². The molecule has 0 bridgehead atoms. The van der Waals surface area contributed by atoms with Crippen molar-refractivity contribution in [1.82, 2.24) is 9.88 Å². The molecule has 1 aromatic heterocycles. The van der Waals surface area contributed by atoms with E-state index in [0.717, 1.165) is 35.7 Å². The van der Waals surface area contributed by atoms with Crippen LogP contribution in [0.15, 0.2) is 24.4 Å². The zero-order valence-corrected chi connectivity index (χ0v) is 14.0. The van der Waals surface area contributed by atoms with E-state index in [4.69, 9.17) is 5.73 Å². The van der Waals surface area contributed by atoms with E-state index in [-0.39, 0.29) is 17.7 Å². The van der Waals surface area contributed by atoms with E-state index < -0.39 is 5.41 Å². The molecule has 1 saturated carbocycles. The molecule has 2 fully saturated rings. The van der Waals surface area contributed by atoms with E-state index in [0.29, 0.717) is 19.5 Å². The number of hydrogen-bond donors (Lipinski definition) is 2. The number of H-pyrrole nitrogens is 1. The summed E-state index contributed by atoms with van der Waals surface area (Å²) < 4.78 is 0. The molecule has 0 radical (unpaired) electrons. The van der Waals surface area contributed by atoms with Gasteiger partial charge in [0.2, 0.25) is 11.8 Å². The quantitative estimate of drug-likeness (QED) is 0.906. The van der Waals surface area contributed by atoms with Gasteiger partial charge in [-0.05, 0) is 36.8 Å². The second-order valence-electron chi connectivity index (χ2n) is 7.37. The normalized spacial score (nSPS) is 26.0. The first-order chi connectivity index (χ1) is 11.5. The summed E-state index contributed by atoms with van der Waals surface area (Å²) in [6, 6.07) is 6.12. The lowest BCUT2D eigenvalue weighted by Gasteiger charge is -2.24. The Kier molecular flexibility index (Phi) is 3.41. The molecule has 5 heteroatoms. The molecule has 2 heterocycles. The van der Waals surface area contributed by atoms with Crippen LogP contribution in [0.5, 0.6) is 0 Å². The third-order valence-electron chi connectivity index (χ3n) is 6.07. The van der Waals surface area contributed by atoms with Crippen molar-refractivity contribution in [1.29, 1.82) is 0 Å². The molecule has 0 spiro atoms. The molecule has 5 nitrogen and oxygen atoms in total. The standard InChI is InChI=1S/C19H23N3O2/c1-12-4-2-6-15-13(9-21-17(12)15)8-16(23)22-10-14-5-3-7-19(14,11-22)18(20)24/h2,4,6,9,14,21H,3,5,7-8,10-11H2,1H3,(H2,20,24)/t14-,19-/m0/s1. The third kappa shape index (κ3) is 2.14. The second kappa shape index (κ2) is 5.36. The van der Waals surface area contributed by atoms with Gasteiger partial charge in [0.25, 0.3) is 0 Å². The molecular weight excluding hydrogens is 302 g/mol. The van der Waals surface area contributed by atoms with E-state index in [2.05, 4.69) is 18.0 Å². The van der Waals surface area contributed by atoms with Crippen LogP contribution in [0.2, 0.25) is 0 Å². The average Bonchev–Trinajstić information content (AvgIpc) is 3.20. The minimum Gasteiger partial charge on any atom is -0.369 e. The molecule has 1 saturated heterocycles. The van der Waals surface area contributed by atoms with Crippen LogP contribution in [0.25, 0.3) is 10.9 Å². The summed E-state index contributed by atoms with van der Waals surface area (Å²) in [5.41, 5.74) is 8.48. The van der Waals surface area contributed by atoms with Crippen molar-refractivity contribution in [3.63, 3.8) is 0 Å². The summed E-state index contributed by atoms with van der Waals surface area (Å²) in [5, 5.41) is 1.10. The highest BCUT2D eigenvalue weighted by atomic mass is 16.2. The number of para-hydroxylation sites is 1. The molecular formula is C19H23N3O2. The lowest BCUT2D eigenvalue weighted by molar-refractivity contribution is -0.131. The summed E-state index contributed by atoms with van der Waals surface area (Å²) >= 11 is 0. The number of rotatable bonds is 3. The van der Waals surface area contributed by atoms with Gasteiger partial charge in [-0.2, -0.15) is 0 Å². The van der Waals surface area contributed by atoms with Gasteiger partial charge in [-0.15, -0.1) is 0 Å². The molecule has 24 heavy (non-hydrogen) atoms. The third-order valence-corrected chi connectivity index (χ3v) is 6.07. The molecule has 4 rings (SSSR count). The Balaban J connectivity index is 1.55. The van der Waals surface area contributed by atoms with Crippen molar-refractivity contribution in [3.8, 4) is 0 Å². The summed E-state index contributed by atoms with van der Waals surface area (Å²) in [6.07, 6.45) is 5.15. The second-order valence-corrected chi connectivity index (χ2v) is 7.37. The molecule has 2 atom stereocenters. The average molecular weight is 325 g/mol. The molecule has 1 aliphatic carbocycles. The van der Waals surface area contributed by atoms with Crippen molar-refractivity contribution in [2.45, 2.75) is 32.6 Å². The Hall–Kier alpha value is -2.30. The fourth-order valence-electron chi connectivity index (χ4n) is 4.67. The van der Waals surface area contributed by atoms with Gasteiger partial charge in [0.15, 0.2) is 0 Å². The SMILES string of the molecule is Cc1cccc2c(CC(=O)N3C[C@@H]4CCC[C@]4(C(N)=O)C3)c[nH]c12. The van der Waals surface area contributed by atoms with Crippen molar-refractivity contribution < 1.29 is 9.59 Å². The first kappa shape index (κ1) is 15.2. The van der Waals surface area contributed by atoms with Crippen molar-refractivity contribution in [2.24, 2.45) is 17.1 Å². The van der Waals surface area contributed by atoms with Crippen LogP contribution in [-0.2, 0) is 16.0 Å². The highest BCUT2D eigenvalue weighted by Crippen LogP contribution is 2.48. The number of nitrogens with one attached hydrogen (secondary N) is 1. The zero-order chi connectivity index (χ0) is 16.9. The Morgan fingerprint density at radius 2 is 2.25 bits per heavy atom. The first-order valence-corrected chi connectivity index (χ1v) is 8.64. The highest BCUT2D eigenvalue weighted by Gasteiger charge is 2.54. The van der Waals surface area contributed by atoms with E-state index in [1.807, 2.05) is 23.2 Å². The summed E-state index contributed by atoms with van der Waals surface area (Å²) in [7, 11) is 0. The lowest BCUT2D eigenvalue weighted by Crippen LogP contribution is -2.41. The van der Waals surface area contributed by atoms with Gasteiger partial charge < -0.3 is 15.6 Å². The summed E-state index contributed by atoms with van der Waals surface area (Å²) in [6.45, 7) is 3.22. The van der Waals surface area contributed by atoms with Gasteiger partial charge in [-0.25, -0.2) is 0 Å². The largest absolute Gasteiger partial charge is 0.369 e. The van der Waals surface area contributed by atoms with Crippen LogP contribution in [0.1, 0.15) is 30.4 Å². The predicted octanol–water partition coefficient (Wildman–Crippen LogP) is 2.13. The number of nitrogens with zero attached hydrogens (tertiary/aromatic N) is 1. The number of benzene rings is 1. The minimum atomic E-state index is -0.480. The van der Waals surface area contributed by atoms with E-state index in [9.17, 15) is 9.59 Å². The van der Waals surface area contributed by atoms with Gasteiger partial charge in [0.05, 0.1) is 11.8 Å².